The van der Waals surface area contributed by atoms with Crippen molar-refractivity contribution in [3.63, 3.8) is 0 Å². The van der Waals surface area contributed by atoms with Crippen molar-refractivity contribution >= 4 is 11.6 Å². The third-order valence-electron chi connectivity index (χ3n) is 4.28. The fourth-order valence-electron chi connectivity index (χ4n) is 2.56. The number of rotatable bonds is 8. The summed E-state index contributed by atoms with van der Waals surface area (Å²) >= 11 is 0. The second-order valence-corrected chi connectivity index (χ2v) is 7.23. The molecule has 1 unspecified atom stereocenters. The predicted octanol–water partition coefficient (Wildman–Crippen LogP) is 4.32. The van der Waals surface area contributed by atoms with Crippen molar-refractivity contribution in [1.82, 2.24) is 4.90 Å². The number of nitrogens with zero attached hydrogens (tertiary/aromatic N) is 1. The van der Waals surface area contributed by atoms with Crippen LogP contribution in [-0.2, 0) is 11.2 Å². The van der Waals surface area contributed by atoms with E-state index < -0.39 is 6.10 Å². The highest BCUT2D eigenvalue weighted by Crippen LogP contribution is 2.21. The summed E-state index contributed by atoms with van der Waals surface area (Å²) in [5, 5.41) is 2.92. The van der Waals surface area contributed by atoms with Gasteiger partial charge < -0.3 is 15.0 Å². The van der Waals surface area contributed by atoms with Crippen LogP contribution >= 0.6 is 0 Å². The molecule has 0 heterocycles. The van der Waals surface area contributed by atoms with Gasteiger partial charge in [0.2, 0.25) is 0 Å². The predicted molar refractivity (Wildman–Crippen MR) is 108 cm³/mol. The minimum atomic E-state index is -0.564. The van der Waals surface area contributed by atoms with Crippen LogP contribution in [0.5, 0.6) is 5.75 Å². The van der Waals surface area contributed by atoms with E-state index in [2.05, 4.69) is 56.4 Å². The van der Waals surface area contributed by atoms with E-state index in [0.29, 0.717) is 5.92 Å². The van der Waals surface area contributed by atoms with Gasteiger partial charge in [0.05, 0.1) is 0 Å². The number of ether oxygens (including phenoxy) is 1. The first kappa shape index (κ1) is 20.0. The van der Waals surface area contributed by atoms with E-state index >= 15 is 0 Å². The Balaban J connectivity index is 1.91. The Morgan fingerprint density at radius 2 is 1.77 bits per heavy atom. The van der Waals surface area contributed by atoms with Gasteiger partial charge in [-0.15, -0.1) is 0 Å². The quantitative estimate of drug-likeness (QED) is 0.767. The van der Waals surface area contributed by atoms with Crippen LogP contribution in [0.15, 0.2) is 48.5 Å². The van der Waals surface area contributed by atoms with Crippen molar-refractivity contribution in [2.75, 3.05) is 26.0 Å². The highest BCUT2D eigenvalue weighted by molar-refractivity contribution is 5.94. The van der Waals surface area contributed by atoms with Gasteiger partial charge in [0.15, 0.2) is 6.10 Å². The average Bonchev–Trinajstić information content (AvgIpc) is 2.61. The third kappa shape index (κ3) is 6.19. The molecule has 4 heteroatoms. The molecule has 0 saturated heterocycles. The second-order valence-electron chi connectivity index (χ2n) is 7.23. The minimum absolute atomic E-state index is 0.152. The molecule has 2 aromatic carbocycles. The molecule has 0 fully saturated rings. The molecule has 0 bridgehead atoms. The number of amides is 1. The maximum Gasteiger partial charge on any atom is 0.265 e. The van der Waals surface area contributed by atoms with Gasteiger partial charge in [0.25, 0.3) is 5.91 Å². The summed E-state index contributed by atoms with van der Waals surface area (Å²) in [5.74, 6) is 0.993. The average molecular weight is 354 g/mol. The van der Waals surface area contributed by atoms with Crippen molar-refractivity contribution in [2.45, 2.75) is 39.2 Å². The van der Waals surface area contributed by atoms with E-state index in [-0.39, 0.29) is 5.91 Å². The molecule has 0 aromatic heterocycles. The normalized spacial score (nSPS) is 12.3. The monoisotopic (exact) mass is 354 g/mol. The van der Waals surface area contributed by atoms with Crippen LogP contribution in [0.2, 0.25) is 0 Å². The zero-order valence-corrected chi connectivity index (χ0v) is 16.5. The van der Waals surface area contributed by atoms with E-state index in [1.165, 1.54) is 11.1 Å². The SMILES string of the molecule is CC(Oc1cccc(C(C)C)c1)C(=O)Nc1ccc(CCN(C)C)cc1. The molecule has 26 heavy (non-hydrogen) atoms. The Bertz CT molecular complexity index is 708. The fourth-order valence-corrected chi connectivity index (χ4v) is 2.56. The van der Waals surface area contributed by atoms with Crippen LogP contribution in [0, 0.1) is 0 Å². The number of nitrogens with one attached hydrogen (secondary N) is 1. The number of anilines is 1. The molecule has 4 nitrogen and oxygen atoms in total. The molecular weight excluding hydrogens is 324 g/mol. The highest BCUT2D eigenvalue weighted by Gasteiger charge is 2.15. The lowest BCUT2D eigenvalue weighted by atomic mass is 10.0. The lowest BCUT2D eigenvalue weighted by molar-refractivity contribution is -0.122. The van der Waals surface area contributed by atoms with Gasteiger partial charge >= 0.3 is 0 Å². The summed E-state index contributed by atoms with van der Waals surface area (Å²) in [4.78, 5) is 14.5. The van der Waals surface area contributed by atoms with Crippen molar-refractivity contribution in [2.24, 2.45) is 0 Å². The zero-order chi connectivity index (χ0) is 19.1. The van der Waals surface area contributed by atoms with Crippen LogP contribution in [0.25, 0.3) is 0 Å². The molecule has 140 valence electrons. The molecule has 2 rings (SSSR count). The summed E-state index contributed by atoms with van der Waals surface area (Å²) in [6.45, 7) is 7.05. The topological polar surface area (TPSA) is 41.6 Å². The van der Waals surface area contributed by atoms with E-state index in [1.54, 1.807) is 6.92 Å². The number of benzene rings is 2. The van der Waals surface area contributed by atoms with Gasteiger partial charge in [0, 0.05) is 12.2 Å². The zero-order valence-electron chi connectivity index (χ0n) is 16.5. The molecule has 1 amide bonds. The summed E-state index contributed by atoms with van der Waals surface area (Å²) in [6, 6.07) is 15.9. The van der Waals surface area contributed by atoms with Crippen LogP contribution < -0.4 is 10.1 Å². The molecule has 1 N–H and O–H groups in total. The third-order valence-corrected chi connectivity index (χ3v) is 4.28. The standard InChI is InChI=1S/C22H30N2O2/c1-16(2)19-7-6-8-21(15-19)26-17(3)22(25)23-20-11-9-18(10-12-20)13-14-24(4)5/h6-12,15-17H,13-14H2,1-5H3,(H,23,25). The number of likely N-dealkylation sites (N-methyl/N-ethyl adjacent to an activating group) is 1. The Labute approximate surface area is 157 Å². The summed E-state index contributed by atoms with van der Waals surface area (Å²) < 4.78 is 5.81. The van der Waals surface area contributed by atoms with Crippen molar-refractivity contribution < 1.29 is 9.53 Å². The molecular formula is C22H30N2O2. The maximum atomic E-state index is 12.4. The van der Waals surface area contributed by atoms with Gasteiger partial charge in [-0.2, -0.15) is 0 Å². The molecule has 0 aliphatic carbocycles. The molecule has 0 aliphatic heterocycles. The van der Waals surface area contributed by atoms with Gasteiger partial charge in [-0.1, -0.05) is 38.1 Å². The molecule has 2 aromatic rings. The minimum Gasteiger partial charge on any atom is -0.481 e. The van der Waals surface area contributed by atoms with Gasteiger partial charge in [-0.05, 0) is 68.8 Å². The Morgan fingerprint density at radius 1 is 1.08 bits per heavy atom. The van der Waals surface area contributed by atoms with E-state index in [0.717, 1.165) is 24.4 Å². The molecule has 0 saturated carbocycles. The van der Waals surface area contributed by atoms with Crippen LogP contribution in [0.1, 0.15) is 37.8 Å². The van der Waals surface area contributed by atoms with Crippen molar-refractivity contribution in [1.29, 1.82) is 0 Å². The van der Waals surface area contributed by atoms with Crippen LogP contribution in [-0.4, -0.2) is 37.6 Å². The number of carbonyl (C=O) groups excluding carboxylic acids is 1. The van der Waals surface area contributed by atoms with E-state index in [1.807, 2.05) is 30.3 Å². The van der Waals surface area contributed by atoms with Gasteiger partial charge in [0.1, 0.15) is 5.75 Å². The molecule has 0 aliphatic rings. The van der Waals surface area contributed by atoms with Crippen molar-refractivity contribution in [3.05, 3.63) is 59.7 Å². The lowest BCUT2D eigenvalue weighted by Crippen LogP contribution is -2.30. The summed E-state index contributed by atoms with van der Waals surface area (Å²) in [6.07, 6.45) is 0.429. The smallest absolute Gasteiger partial charge is 0.265 e. The Hall–Kier alpha value is -2.33. The van der Waals surface area contributed by atoms with E-state index in [4.69, 9.17) is 4.74 Å². The maximum absolute atomic E-state index is 12.4. The largest absolute Gasteiger partial charge is 0.481 e. The first-order chi connectivity index (χ1) is 12.3. The summed E-state index contributed by atoms with van der Waals surface area (Å²) in [7, 11) is 4.12. The van der Waals surface area contributed by atoms with Gasteiger partial charge in [-0.25, -0.2) is 0 Å². The first-order valence-electron chi connectivity index (χ1n) is 9.16. The molecule has 0 spiro atoms. The van der Waals surface area contributed by atoms with E-state index in [9.17, 15) is 4.79 Å². The number of hydrogen-bond donors (Lipinski definition) is 1. The van der Waals surface area contributed by atoms with Crippen LogP contribution in [0.4, 0.5) is 5.69 Å². The fraction of sp³-hybridized carbons (Fsp3) is 0.409. The van der Waals surface area contributed by atoms with Gasteiger partial charge in [-0.3, -0.25) is 4.79 Å². The Morgan fingerprint density at radius 3 is 2.38 bits per heavy atom. The number of carbonyl (C=O) groups is 1. The summed E-state index contributed by atoms with van der Waals surface area (Å²) in [5.41, 5.74) is 3.24. The lowest BCUT2D eigenvalue weighted by Gasteiger charge is -2.16. The highest BCUT2D eigenvalue weighted by atomic mass is 16.5. The second kappa shape index (κ2) is 9.39. The first-order valence-corrected chi connectivity index (χ1v) is 9.16. The van der Waals surface area contributed by atoms with Crippen molar-refractivity contribution in [3.8, 4) is 5.75 Å². The van der Waals surface area contributed by atoms with Crippen LogP contribution in [0.3, 0.4) is 0 Å². The molecule has 1 atom stereocenters. The Kier molecular flexibility index (Phi) is 7.22. The molecule has 0 radical (unpaired) electrons. The number of hydrogen-bond acceptors (Lipinski definition) is 3.